The minimum absolute atomic E-state index is 0.0973. The third kappa shape index (κ3) is 3.38. The highest BCUT2D eigenvalue weighted by molar-refractivity contribution is 5.97. The van der Waals surface area contributed by atoms with Crippen molar-refractivity contribution in [2.24, 2.45) is 0 Å². The number of anilines is 1. The molecule has 7 heteroatoms. The summed E-state index contributed by atoms with van der Waals surface area (Å²) >= 11 is 0. The van der Waals surface area contributed by atoms with Crippen LogP contribution in [0.3, 0.4) is 0 Å². The van der Waals surface area contributed by atoms with Crippen molar-refractivity contribution in [3.05, 3.63) is 59.7 Å². The average Bonchev–Trinajstić information content (AvgIpc) is 2.88. The second kappa shape index (κ2) is 7.02. The number of hydrogen-bond donors (Lipinski definition) is 0. The zero-order valence-corrected chi connectivity index (χ0v) is 19.4. The molecule has 0 N–H and O–H groups in total. The van der Waals surface area contributed by atoms with E-state index in [9.17, 15) is 0 Å². The molecule has 0 aromatic heterocycles. The van der Waals surface area contributed by atoms with E-state index in [4.69, 9.17) is 18.6 Å². The predicted octanol–water partition coefficient (Wildman–Crippen LogP) is 0.267. The molecule has 2 aromatic rings. The van der Waals surface area contributed by atoms with Crippen molar-refractivity contribution in [1.82, 2.24) is 0 Å². The van der Waals surface area contributed by atoms with E-state index < -0.39 is 10.2 Å². The van der Waals surface area contributed by atoms with Gasteiger partial charge in [-0.2, -0.15) is 4.58 Å². The van der Waals surface area contributed by atoms with Gasteiger partial charge in [0.2, 0.25) is 5.69 Å². The topological polar surface area (TPSA) is 98.5 Å². The number of rotatable bonds is 0. The molecule has 0 saturated heterocycles. The first-order chi connectivity index (χ1) is 14.3. The summed E-state index contributed by atoms with van der Waals surface area (Å²) in [5, 5.41) is 0. The van der Waals surface area contributed by atoms with E-state index in [0.29, 0.717) is 0 Å². The molecule has 1 unspecified atom stereocenters. The maximum absolute atomic E-state index is 8.49. The normalized spacial score (nSPS) is 25.0. The largest absolute Gasteiger partial charge is 0.358 e. The van der Waals surface area contributed by atoms with E-state index in [1.54, 1.807) is 5.71 Å². The van der Waals surface area contributed by atoms with Crippen LogP contribution in [0.1, 0.15) is 52.2 Å². The first-order valence-corrected chi connectivity index (χ1v) is 11.7. The molecule has 0 fully saturated rings. The number of fused-ring (bicyclic) bond motifs is 5. The van der Waals surface area contributed by atoms with Crippen LogP contribution in [-0.4, -0.2) is 28.9 Å². The van der Waals surface area contributed by atoms with Crippen LogP contribution in [-0.2, 0) is 10.8 Å². The third-order valence-electron chi connectivity index (χ3n) is 7.78. The van der Waals surface area contributed by atoms with Gasteiger partial charge in [0.25, 0.3) is 0 Å². The summed E-state index contributed by atoms with van der Waals surface area (Å²) < 4.78 is 36.6. The highest BCUT2D eigenvalue weighted by Crippen LogP contribution is 2.55. The second-order valence-electron chi connectivity index (χ2n) is 9.86. The lowest BCUT2D eigenvalue weighted by Crippen LogP contribution is -2.68. The predicted molar refractivity (Wildman–Crippen MR) is 109 cm³/mol. The number of hydrogen-bond acceptors (Lipinski definition) is 5. The lowest BCUT2D eigenvalue weighted by atomic mass is 9.66. The molecule has 5 rings (SSSR count). The van der Waals surface area contributed by atoms with Crippen molar-refractivity contribution in [3.8, 4) is 0 Å². The molecule has 1 atom stereocenters. The SMILES string of the molecule is CC1(C)C2=[N+](CCN3c4ccccc4C(C)(C)C3(C)C2)c2ccccc21.[O-][Cl+3]([O-])([O-])[O-]. The molecule has 0 amide bonds. The second-order valence-corrected chi connectivity index (χ2v) is 10.6. The van der Waals surface area contributed by atoms with Crippen LogP contribution in [0, 0.1) is 10.2 Å². The molecule has 166 valence electrons. The van der Waals surface area contributed by atoms with Crippen LogP contribution in [0.2, 0.25) is 0 Å². The molecule has 0 radical (unpaired) electrons. The Morgan fingerprint density at radius 1 is 0.839 bits per heavy atom. The third-order valence-corrected chi connectivity index (χ3v) is 7.78. The minimum Gasteiger partial charge on any atom is -0.358 e. The average molecular weight is 445 g/mol. The molecule has 3 aliphatic heterocycles. The molecule has 0 spiro atoms. The van der Waals surface area contributed by atoms with Gasteiger partial charge < -0.3 is 4.90 Å². The van der Waals surface area contributed by atoms with Crippen LogP contribution in [0.5, 0.6) is 0 Å². The smallest absolute Gasteiger partial charge is 0.209 e. The van der Waals surface area contributed by atoms with Gasteiger partial charge in [0.1, 0.15) is 0 Å². The lowest BCUT2D eigenvalue weighted by Gasteiger charge is -2.44. The zero-order chi connectivity index (χ0) is 22.8. The Balaban J connectivity index is 0.000000418. The summed E-state index contributed by atoms with van der Waals surface area (Å²) in [6, 6.07) is 18.1. The van der Waals surface area contributed by atoms with Crippen molar-refractivity contribution < 1.29 is 33.5 Å². The Bertz CT molecular complexity index is 1050. The Labute approximate surface area is 185 Å². The first kappa shape index (κ1) is 22.2. The fourth-order valence-electron chi connectivity index (χ4n) is 5.79. The first-order valence-electron chi connectivity index (χ1n) is 10.5. The fraction of sp³-hybridized carbons (Fsp3) is 0.458. The van der Waals surface area contributed by atoms with Crippen LogP contribution in [0.25, 0.3) is 0 Å². The molecular weight excluding hydrogens is 416 g/mol. The number of benzene rings is 2. The van der Waals surface area contributed by atoms with Crippen LogP contribution in [0.4, 0.5) is 11.4 Å². The minimum atomic E-state index is -4.94. The Hall–Kier alpha value is -1.96. The molecule has 31 heavy (non-hydrogen) atoms. The zero-order valence-electron chi connectivity index (χ0n) is 18.6. The van der Waals surface area contributed by atoms with Gasteiger partial charge in [-0.15, -0.1) is 10.2 Å². The van der Waals surface area contributed by atoms with Gasteiger partial charge in [-0.3, -0.25) is 0 Å². The summed E-state index contributed by atoms with van der Waals surface area (Å²) in [5.41, 5.74) is 7.75. The van der Waals surface area contributed by atoms with E-state index in [1.807, 2.05) is 0 Å². The monoisotopic (exact) mass is 444 g/mol. The van der Waals surface area contributed by atoms with Gasteiger partial charge in [-0.1, -0.05) is 50.2 Å². The van der Waals surface area contributed by atoms with Crippen LogP contribution in [0.15, 0.2) is 48.5 Å². The Morgan fingerprint density at radius 3 is 2.03 bits per heavy atom. The van der Waals surface area contributed by atoms with Crippen molar-refractivity contribution in [3.63, 3.8) is 0 Å². The highest BCUT2D eigenvalue weighted by atomic mass is 35.7. The fourth-order valence-corrected chi connectivity index (χ4v) is 5.79. The number of nitrogens with zero attached hydrogens (tertiary/aromatic N) is 2. The van der Waals surface area contributed by atoms with Gasteiger partial charge in [0.05, 0.1) is 23.9 Å². The van der Waals surface area contributed by atoms with Gasteiger partial charge in [0, 0.05) is 22.7 Å². The standard InChI is InChI=1S/C24H29N2.ClHO4/c1-22(2)17-10-6-8-12-19(17)25-14-15-26-20-13-9-7-11-18(20)23(3,4)24(26,5)16-21(22)25;2-1(3,4)5/h6-13H,14-16H2,1-5H3;(H,2,3,4,5)/q+1;/p-1. The summed E-state index contributed by atoms with van der Waals surface area (Å²) in [6.07, 6.45) is 1.11. The molecule has 3 heterocycles. The molecule has 2 aromatic carbocycles. The van der Waals surface area contributed by atoms with Gasteiger partial charge in [-0.05, 0) is 32.4 Å². The van der Waals surface area contributed by atoms with Gasteiger partial charge >= 0.3 is 0 Å². The molecule has 0 bridgehead atoms. The van der Waals surface area contributed by atoms with E-state index >= 15 is 0 Å². The van der Waals surface area contributed by atoms with Crippen molar-refractivity contribution in [1.29, 1.82) is 0 Å². The molecular formula is C24H29ClN2O4. The maximum Gasteiger partial charge on any atom is 0.209 e. The maximum atomic E-state index is 8.49. The summed E-state index contributed by atoms with van der Waals surface area (Å²) in [5.74, 6) is 0. The molecule has 3 aliphatic rings. The van der Waals surface area contributed by atoms with E-state index in [2.05, 4.69) is 92.6 Å². The van der Waals surface area contributed by atoms with E-state index in [-0.39, 0.29) is 16.4 Å². The summed E-state index contributed by atoms with van der Waals surface area (Å²) in [7, 11) is -4.94. The summed E-state index contributed by atoms with van der Waals surface area (Å²) in [6.45, 7) is 14.3. The van der Waals surface area contributed by atoms with Gasteiger partial charge in [-0.25, -0.2) is 18.6 Å². The Kier molecular flexibility index (Phi) is 5.04. The number of para-hydroxylation sites is 2. The lowest BCUT2D eigenvalue weighted by molar-refractivity contribution is -2.00. The van der Waals surface area contributed by atoms with Crippen molar-refractivity contribution >= 4 is 17.1 Å². The summed E-state index contributed by atoms with van der Waals surface area (Å²) in [4.78, 5) is 2.70. The van der Waals surface area contributed by atoms with E-state index in [0.717, 1.165) is 19.5 Å². The molecule has 6 nitrogen and oxygen atoms in total. The quantitative estimate of drug-likeness (QED) is 0.543. The molecule has 0 aliphatic carbocycles. The van der Waals surface area contributed by atoms with E-state index in [1.165, 1.54) is 22.5 Å². The molecule has 0 saturated carbocycles. The van der Waals surface area contributed by atoms with Crippen molar-refractivity contribution in [2.45, 2.75) is 57.4 Å². The number of halogens is 1. The highest BCUT2D eigenvalue weighted by Gasteiger charge is 2.59. The Morgan fingerprint density at radius 2 is 1.39 bits per heavy atom. The van der Waals surface area contributed by atoms with Gasteiger partial charge in [0.15, 0.2) is 12.3 Å². The van der Waals surface area contributed by atoms with Crippen molar-refractivity contribution in [2.75, 3.05) is 18.0 Å². The van der Waals surface area contributed by atoms with Crippen LogP contribution < -0.4 is 23.5 Å². The van der Waals surface area contributed by atoms with Crippen LogP contribution >= 0.6 is 0 Å².